The average molecular weight is 236 g/mol. The number of pyridine rings is 1. The van der Waals surface area contributed by atoms with Gasteiger partial charge in [-0.3, -0.25) is 4.98 Å². The van der Waals surface area contributed by atoms with Crippen LogP contribution >= 0.6 is 11.6 Å². The molecule has 2 aromatic rings. The maximum atomic E-state index is 5.62. The molecule has 0 unspecified atom stereocenters. The highest BCUT2D eigenvalue weighted by Crippen LogP contribution is 2.18. The number of rotatable bonds is 5. The van der Waals surface area contributed by atoms with Crippen molar-refractivity contribution in [1.29, 1.82) is 0 Å². The van der Waals surface area contributed by atoms with Gasteiger partial charge in [-0.05, 0) is 31.0 Å². The normalized spacial score (nSPS) is 10.6. The first-order valence-electron chi connectivity index (χ1n) is 5.44. The van der Waals surface area contributed by atoms with Crippen LogP contribution in [0.15, 0.2) is 36.5 Å². The minimum Gasteiger partial charge on any atom is -0.494 e. The first-order chi connectivity index (χ1) is 7.90. The Morgan fingerprint density at radius 3 is 3.00 bits per heavy atom. The SMILES string of the molecule is ClCCCCOc1ccc2cccnc2c1. The lowest BCUT2D eigenvalue weighted by atomic mass is 10.2. The fourth-order valence-corrected chi connectivity index (χ4v) is 1.71. The van der Waals surface area contributed by atoms with Crippen molar-refractivity contribution in [2.45, 2.75) is 12.8 Å². The van der Waals surface area contributed by atoms with E-state index in [4.69, 9.17) is 16.3 Å². The van der Waals surface area contributed by atoms with E-state index in [0.29, 0.717) is 12.5 Å². The number of ether oxygens (including phenoxy) is 1. The molecule has 0 bridgehead atoms. The van der Waals surface area contributed by atoms with Gasteiger partial charge in [0.25, 0.3) is 0 Å². The Kier molecular flexibility index (Phi) is 4.00. The number of hydrogen-bond donors (Lipinski definition) is 0. The second kappa shape index (κ2) is 5.71. The number of halogens is 1. The lowest BCUT2D eigenvalue weighted by Gasteiger charge is -2.06. The Labute approximate surface area is 100 Å². The minimum atomic E-state index is 0.697. The molecule has 0 saturated carbocycles. The predicted octanol–water partition coefficient (Wildman–Crippen LogP) is 3.63. The van der Waals surface area contributed by atoms with Gasteiger partial charge in [-0.15, -0.1) is 11.6 Å². The zero-order valence-electron chi connectivity index (χ0n) is 9.03. The summed E-state index contributed by atoms with van der Waals surface area (Å²) in [5, 5.41) is 1.13. The largest absolute Gasteiger partial charge is 0.494 e. The summed E-state index contributed by atoms with van der Waals surface area (Å²) < 4.78 is 5.62. The van der Waals surface area contributed by atoms with Crippen LogP contribution in [0.25, 0.3) is 10.9 Å². The summed E-state index contributed by atoms with van der Waals surface area (Å²) in [7, 11) is 0. The van der Waals surface area contributed by atoms with Gasteiger partial charge in [-0.25, -0.2) is 0 Å². The molecule has 0 aliphatic heterocycles. The molecule has 2 nitrogen and oxygen atoms in total. The molecule has 0 radical (unpaired) electrons. The summed E-state index contributed by atoms with van der Waals surface area (Å²) in [4.78, 5) is 4.29. The molecule has 0 aliphatic rings. The van der Waals surface area contributed by atoms with Crippen molar-refractivity contribution in [3.05, 3.63) is 36.5 Å². The van der Waals surface area contributed by atoms with Crippen molar-refractivity contribution in [3.8, 4) is 5.75 Å². The van der Waals surface area contributed by atoms with E-state index in [-0.39, 0.29) is 0 Å². The maximum absolute atomic E-state index is 5.62. The van der Waals surface area contributed by atoms with Crippen molar-refractivity contribution in [2.24, 2.45) is 0 Å². The van der Waals surface area contributed by atoms with E-state index in [9.17, 15) is 0 Å². The number of benzene rings is 1. The Balaban J connectivity index is 2.02. The van der Waals surface area contributed by atoms with Crippen molar-refractivity contribution in [2.75, 3.05) is 12.5 Å². The van der Waals surface area contributed by atoms with E-state index in [1.54, 1.807) is 6.20 Å². The second-order valence-corrected chi connectivity index (χ2v) is 3.98. The molecule has 0 N–H and O–H groups in total. The van der Waals surface area contributed by atoms with Gasteiger partial charge in [0.05, 0.1) is 12.1 Å². The molecular weight excluding hydrogens is 222 g/mol. The summed E-state index contributed by atoms with van der Waals surface area (Å²) in [6.07, 6.45) is 3.77. The maximum Gasteiger partial charge on any atom is 0.121 e. The zero-order chi connectivity index (χ0) is 11.2. The summed E-state index contributed by atoms with van der Waals surface area (Å²) in [6.45, 7) is 0.713. The molecule has 0 saturated heterocycles. The van der Waals surface area contributed by atoms with Gasteiger partial charge in [0.15, 0.2) is 0 Å². The summed E-state index contributed by atoms with van der Waals surface area (Å²) >= 11 is 5.60. The molecule has 3 heteroatoms. The molecule has 2 rings (SSSR count). The lowest BCUT2D eigenvalue weighted by Crippen LogP contribution is -1.97. The van der Waals surface area contributed by atoms with Gasteiger partial charge >= 0.3 is 0 Å². The van der Waals surface area contributed by atoms with Crippen molar-refractivity contribution in [3.63, 3.8) is 0 Å². The van der Waals surface area contributed by atoms with Gasteiger partial charge in [0.1, 0.15) is 5.75 Å². The molecule has 84 valence electrons. The molecule has 16 heavy (non-hydrogen) atoms. The van der Waals surface area contributed by atoms with Gasteiger partial charge < -0.3 is 4.74 Å². The van der Waals surface area contributed by atoms with Crippen LogP contribution in [0.3, 0.4) is 0 Å². The highest BCUT2D eigenvalue weighted by atomic mass is 35.5. The van der Waals surface area contributed by atoms with Crippen LogP contribution in [-0.4, -0.2) is 17.5 Å². The topological polar surface area (TPSA) is 22.1 Å². The molecule has 0 atom stereocenters. The van der Waals surface area contributed by atoms with E-state index in [0.717, 1.165) is 29.5 Å². The first-order valence-corrected chi connectivity index (χ1v) is 5.97. The van der Waals surface area contributed by atoms with Crippen LogP contribution < -0.4 is 4.74 Å². The van der Waals surface area contributed by atoms with E-state index in [2.05, 4.69) is 4.98 Å². The van der Waals surface area contributed by atoms with E-state index < -0.39 is 0 Å². The highest BCUT2D eigenvalue weighted by molar-refractivity contribution is 6.17. The molecule has 0 amide bonds. The quantitative estimate of drug-likeness (QED) is 0.583. The van der Waals surface area contributed by atoms with Crippen molar-refractivity contribution < 1.29 is 4.74 Å². The van der Waals surface area contributed by atoms with Gasteiger partial charge in [0, 0.05) is 23.5 Å². The molecule has 1 aromatic carbocycles. The molecule has 0 spiro atoms. The smallest absolute Gasteiger partial charge is 0.121 e. The van der Waals surface area contributed by atoms with E-state index >= 15 is 0 Å². The van der Waals surface area contributed by atoms with Crippen LogP contribution in [0.4, 0.5) is 0 Å². The van der Waals surface area contributed by atoms with Crippen LogP contribution in [0, 0.1) is 0 Å². The lowest BCUT2D eigenvalue weighted by molar-refractivity contribution is 0.310. The molecule has 0 aliphatic carbocycles. The molecule has 1 aromatic heterocycles. The second-order valence-electron chi connectivity index (χ2n) is 3.60. The number of nitrogens with zero attached hydrogens (tertiary/aromatic N) is 1. The number of aromatic nitrogens is 1. The third-order valence-electron chi connectivity index (χ3n) is 2.37. The Bertz CT molecular complexity index is 458. The number of hydrogen-bond acceptors (Lipinski definition) is 2. The molecular formula is C13H14ClNO. The number of fused-ring (bicyclic) bond motifs is 1. The fourth-order valence-electron chi connectivity index (χ4n) is 1.52. The van der Waals surface area contributed by atoms with Crippen molar-refractivity contribution in [1.82, 2.24) is 4.98 Å². The highest BCUT2D eigenvalue weighted by Gasteiger charge is 1.97. The van der Waals surface area contributed by atoms with Gasteiger partial charge in [-0.1, -0.05) is 6.07 Å². The Hall–Kier alpha value is -1.28. The Morgan fingerprint density at radius 1 is 1.19 bits per heavy atom. The van der Waals surface area contributed by atoms with Crippen molar-refractivity contribution >= 4 is 22.5 Å². The first kappa shape index (κ1) is 11.2. The molecule has 0 fully saturated rings. The van der Waals surface area contributed by atoms with Crippen LogP contribution in [0.2, 0.25) is 0 Å². The Morgan fingerprint density at radius 2 is 2.12 bits per heavy atom. The fraction of sp³-hybridized carbons (Fsp3) is 0.308. The monoisotopic (exact) mass is 235 g/mol. The van der Waals surface area contributed by atoms with Gasteiger partial charge in [-0.2, -0.15) is 0 Å². The van der Waals surface area contributed by atoms with Gasteiger partial charge in [0.2, 0.25) is 0 Å². The van der Waals surface area contributed by atoms with Crippen LogP contribution in [-0.2, 0) is 0 Å². The standard InChI is InChI=1S/C13H14ClNO/c14-7-1-2-9-16-12-6-5-11-4-3-8-15-13(11)10-12/h3-6,8,10H,1-2,7,9H2. The molecule has 1 heterocycles. The third kappa shape index (κ3) is 2.86. The van der Waals surface area contributed by atoms with E-state index in [1.165, 1.54) is 0 Å². The predicted molar refractivity (Wildman–Crippen MR) is 67.2 cm³/mol. The number of unbranched alkanes of at least 4 members (excludes halogenated alkanes) is 1. The summed E-state index contributed by atoms with van der Waals surface area (Å²) in [5.41, 5.74) is 0.970. The average Bonchev–Trinajstić information content (AvgIpc) is 2.34. The minimum absolute atomic E-state index is 0.697. The summed E-state index contributed by atoms with van der Waals surface area (Å²) in [6, 6.07) is 9.95. The van der Waals surface area contributed by atoms with Crippen LogP contribution in [0.5, 0.6) is 5.75 Å². The third-order valence-corrected chi connectivity index (χ3v) is 2.64. The number of alkyl halides is 1. The van der Waals surface area contributed by atoms with E-state index in [1.807, 2.05) is 30.3 Å². The zero-order valence-corrected chi connectivity index (χ0v) is 9.78. The van der Waals surface area contributed by atoms with Crippen LogP contribution in [0.1, 0.15) is 12.8 Å². The summed E-state index contributed by atoms with van der Waals surface area (Å²) in [5.74, 6) is 1.57.